The van der Waals surface area contributed by atoms with Gasteiger partial charge in [-0.15, -0.1) is 0 Å². The molecule has 0 unspecified atom stereocenters. The predicted molar refractivity (Wildman–Crippen MR) is 58.7 cm³/mol. The third-order valence-corrected chi connectivity index (χ3v) is 2.13. The molecule has 0 saturated heterocycles. The molecular formula is C12H9NO5. The van der Waals surface area contributed by atoms with Crippen LogP contribution in [0.25, 0.3) is 0 Å². The topological polar surface area (TPSA) is 72.9 Å². The van der Waals surface area contributed by atoms with E-state index in [0.717, 1.165) is 17.7 Å². The molecule has 1 heterocycles. The Kier molecular flexibility index (Phi) is 3.38. The molecule has 2 amide bonds. The monoisotopic (exact) mass is 247 g/mol. The molecule has 0 atom stereocenters. The summed E-state index contributed by atoms with van der Waals surface area (Å²) in [5, 5.41) is 0.341. The number of hydrogen-bond acceptors (Lipinski definition) is 5. The molecule has 0 N–H and O–H groups in total. The van der Waals surface area contributed by atoms with Gasteiger partial charge in [0.1, 0.15) is 6.61 Å². The van der Waals surface area contributed by atoms with Crippen LogP contribution in [0.5, 0.6) is 0 Å². The molecule has 0 fully saturated rings. The Morgan fingerprint density at radius 3 is 2.28 bits per heavy atom. The Hall–Kier alpha value is -2.63. The highest BCUT2D eigenvalue weighted by Gasteiger charge is 2.28. The number of nitrogens with zero attached hydrogens (tertiary/aromatic N) is 1. The number of rotatable bonds is 3. The second-order valence-corrected chi connectivity index (χ2v) is 3.42. The lowest BCUT2D eigenvalue weighted by molar-refractivity contribution is -0.175. The van der Waals surface area contributed by atoms with Gasteiger partial charge in [0.05, 0.1) is 0 Å². The van der Waals surface area contributed by atoms with Crippen molar-refractivity contribution in [1.29, 1.82) is 0 Å². The number of carbonyl (C=O) groups excluding carboxylic acids is 3. The van der Waals surface area contributed by atoms with E-state index < -0.39 is 18.0 Å². The first-order valence-corrected chi connectivity index (χ1v) is 5.11. The molecule has 1 aliphatic rings. The summed E-state index contributed by atoms with van der Waals surface area (Å²) < 4.78 is 4.75. The Balaban J connectivity index is 1.83. The van der Waals surface area contributed by atoms with Crippen LogP contribution in [0.15, 0.2) is 42.5 Å². The number of benzene rings is 1. The van der Waals surface area contributed by atoms with Crippen LogP contribution in [-0.4, -0.2) is 23.0 Å². The number of carbonyl (C=O) groups is 3. The summed E-state index contributed by atoms with van der Waals surface area (Å²) in [7, 11) is 0. The molecule has 0 spiro atoms. The summed E-state index contributed by atoms with van der Waals surface area (Å²) in [6, 6.07) is 8.94. The fourth-order valence-corrected chi connectivity index (χ4v) is 1.29. The first-order chi connectivity index (χ1) is 8.66. The maximum absolute atomic E-state index is 11.2. The largest absolute Gasteiger partial charge is 0.534 e. The van der Waals surface area contributed by atoms with Gasteiger partial charge in [-0.2, -0.15) is 0 Å². The van der Waals surface area contributed by atoms with Gasteiger partial charge >= 0.3 is 6.16 Å². The number of hydroxylamine groups is 2. The lowest BCUT2D eigenvalue weighted by Crippen LogP contribution is -2.33. The minimum absolute atomic E-state index is 0.00330. The van der Waals surface area contributed by atoms with Crippen LogP contribution < -0.4 is 0 Å². The zero-order chi connectivity index (χ0) is 13.0. The van der Waals surface area contributed by atoms with Gasteiger partial charge in [-0.05, 0) is 5.56 Å². The summed E-state index contributed by atoms with van der Waals surface area (Å²) in [6.07, 6.45) is 0.906. The van der Waals surface area contributed by atoms with E-state index >= 15 is 0 Å². The van der Waals surface area contributed by atoms with Crippen molar-refractivity contribution < 1.29 is 24.0 Å². The average molecular weight is 247 g/mol. The van der Waals surface area contributed by atoms with E-state index in [-0.39, 0.29) is 6.61 Å². The lowest BCUT2D eigenvalue weighted by Gasteiger charge is -2.12. The Morgan fingerprint density at radius 1 is 1.06 bits per heavy atom. The minimum Gasteiger partial charge on any atom is -0.428 e. The van der Waals surface area contributed by atoms with Crippen LogP contribution in [0.4, 0.5) is 4.79 Å². The predicted octanol–water partition coefficient (Wildman–Crippen LogP) is 1.18. The molecule has 0 bridgehead atoms. The van der Waals surface area contributed by atoms with Crippen LogP contribution in [0.2, 0.25) is 0 Å². The summed E-state index contributed by atoms with van der Waals surface area (Å²) in [5.41, 5.74) is 0.770. The SMILES string of the molecule is O=C(OCc1ccccc1)ON1C(=O)C=CC1=O. The third kappa shape index (κ3) is 2.73. The highest BCUT2D eigenvalue weighted by Crippen LogP contribution is 2.07. The Morgan fingerprint density at radius 2 is 1.67 bits per heavy atom. The summed E-state index contributed by atoms with van der Waals surface area (Å²) in [5.74, 6) is -1.42. The fourth-order valence-electron chi connectivity index (χ4n) is 1.29. The van der Waals surface area contributed by atoms with Crippen molar-refractivity contribution in [2.75, 3.05) is 0 Å². The molecule has 18 heavy (non-hydrogen) atoms. The zero-order valence-electron chi connectivity index (χ0n) is 9.24. The Bertz CT molecular complexity index is 490. The van der Waals surface area contributed by atoms with Crippen LogP contribution in [0.1, 0.15) is 5.56 Å². The maximum Gasteiger partial charge on any atom is 0.534 e. The molecule has 2 rings (SSSR count). The van der Waals surface area contributed by atoms with Crippen molar-refractivity contribution >= 4 is 18.0 Å². The van der Waals surface area contributed by atoms with Crippen LogP contribution in [0.3, 0.4) is 0 Å². The van der Waals surface area contributed by atoms with E-state index in [0.29, 0.717) is 5.06 Å². The normalized spacial score (nSPS) is 13.9. The molecule has 0 radical (unpaired) electrons. The molecule has 1 aromatic carbocycles. The van der Waals surface area contributed by atoms with Gasteiger partial charge in [-0.1, -0.05) is 35.4 Å². The van der Waals surface area contributed by atoms with Crippen LogP contribution in [-0.2, 0) is 25.8 Å². The van der Waals surface area contributed by atoms with Gasteiger partial charge < -0.3 is 4.74 Å². The molecule has 92 valence electrons. The zero-order valence-corrected chi connectivity index (χ0v) is 9.24. The molecule has 0 aromatic heterocycles. The van der Waals surface area contributed by atoms with E-state index in [4.69, 9.17) is 4.74 Å². The van der Waals surface area contributed by atoms with Gasteiger partial charge in [0.15, 0.2) is 0 Å². The second-order valence-electron chi connectivity index (χ2n) is 3.42. The quantitative estimate of drug-likeness (QED) is 0.592. The van der Waals surface area contributed by atoms with Crippen LogP contribution in [0, 0.1) is 0 Å². The Labute approximate surface area is 102 Å². The van der Waals surface area contributed by atoms with Crippen molar-refractivity contribution in [3.05, 3.63) is 48.0 Å². The van der Waals surface area contributed by atoms with Gasteiger partial charge in [0, 0.05) is 12.2 Å². The molecule has 6 nitrogen and oxygen atoms in total. The molecule has 0 saturated carbocycles. The molecule has 0 aliphatic carbocycles. The minimum atomic E-state index is -1.11. The van der Waals surface area contributed by atoms with Gasteiger partial charge in [0.2, 0.25) is 0 Å². The van der Waals surface area contributed by atoms with Crippen molar-refractivity contribution in [1.82, 2.24) is 5.06 Å². The van der Waals surface area contributed by atoms with Crippen molar-refractivity contribution in [3.63, 3.8) is 0 Å². The van der Waals surface area contributed by atoms with E-state index in [9.17, 15) is 14.4 Å². The molecule has 1 aromatic rings. The first-order valence-electron chi connectivity index (χ1n) is 5.11. The smallest absolute Gasteiger partial charge is 0.428 e. The summed E-state index contributed by atoms with van der Waals surface area (Å²) in [6.45, 7) is 0.00330. The van der Waals surface area contributed by atoms with E-state index in [1.165, 1.54) is 0 Å². The fraction of sp³-hybridized carbons (Fsp3) is 0.0833. The van der Waals surface area contributed by atoms with Crippen molar-refractivity contribution in [2.24, 2.45) is 0 Å². The number of ether oxygens (including phenoxy) is 1. The maximum atomic E-state index is 11.2. The standard InChI is InChI=1S/C12H9NO5/c14-10-6-7-11(15)13(10)18-12(16)17-8-9-4-2-1-3-5-9/h1-7H,8H2. The second kappa shape index (κ2) is 5.13. The summed E-state index contributed by atoms with van der Waals surface area (Å²) in [4.78, 5) is 37.9. The van der Waals surface area contributed by atoms with Gasteiger partial charge in [0.25, 0.3) is 11.8 Å². The van der Waals surface area contributed by atoms with E-state index in [2.05, 4.69) is 4.84 Å². The highest BCUT2D eigenvalue weighted by atomic mass is 16.8. The number of imide groups is 1. The lowest BCUT2D eigenvalue weighted by atomic mass is 10.2. The van der Waals surface area contributed by atoms with E-state index in [1.807, 2.05) is 6.07 Å². The number of amides is 2. The summed E-state index contributed by atoms with van der Waals surface area (Å²) >= 11 is 0. The first kappa shape index (κ1) is 11.8. The van der Waals surface area contributed by atoms with Gasteiger partial charge in [-0.25, -0.2) is 4.79 Å². The van der Waals surface area contributed by atoms with Crippen molar-refractivity contribution in [3.8, 4) is 0 Å². The van der Waals surface area contributed by atoms with Gasteiger partial charge in [-0.3, -0.25) is 14.4 Å². The van der Waals surface area contributed by atoms with Crippen molar-refractivity contribution in [2.45, 2.75) is 6.61 Å². The molecule has 1 aliphatic heterocycles. The molecule has 6 heteroatoms. The third-order valence-electron chi connectivity index (χ3n) is 2.13. The van der Waals surface area contributed by atoms with Crippen LogP contribution >= 0.6 is 0 Å². The average Bonchev–Trinajstić information content (AvgIpc) is 2.69. The van der Waals surface area contributed by atoms with E-state index in [1.54, 1.807) is 24.3 Å². The molecular weight excluding hydrogens is 238 g/mol. The highest BCUT2D eigenvalue weighted by molar-refractivity contribution is 6.12. The number of hydrogen-bond donors (Lipinski definition) is 0.